The lowest BCUT2D eigenvalue weighted by atomic mass is 9.90. The van der Waals surface area contributed by atoms with Gasteiger partial charge in [-0.15, -0.1) is 0 Å². The predicted octanol–water partition coefficient (Wildman–Crippen LogP) is 8.45. The molecule has 0 radical (unpaired) electrons. The van der Waals surface area contributed by atoms with Crippen LogP contribution in [-0.4, -0.2) is 55.1 Å². The summed E-state index contributed by atoms with van der Waals surface area (Å²) in [6.45, 7) is 2.19. The summed E-state index contributed by atoms with van der Waals surface area (Å²) in [7, 11) is 2.63. The largest absolute Gasteiger partial charge is 0.468 e. The molecule has 0 saturated carbocycles. The lowest BCUT2D eigenvalue weighted by Crippen LogP contribution is -2.58. The quantitative estimate of drug-likeness (QED) is 0.0235. The molecular weight excluding hydrogens is 629 g/mol. The van der Waals surface area contributed by atoms with Crippen LogP contribution in [0.5, 0.6) is 0 Å². The van der Waals surface area contributed by atoms with Crippen LogP contribution in [0.4, 0.5) is 18.9 Å². The Morgan fingerprint density at radius 1 is 0.867 bits per heavy atom. The molecule has 1 fully saturated rings. The van der Waals surface area contributed by atoms with Crippen molar-refractivity contribution in [3.8, 4) is 0 Å². The van der Waals surface area contributed by atoms with Gasteiger partial charge in [-0.2, -0.15) is 13.2 Å². The molecule has 1 aliphatic heterocycles. The number of azide groups is 1. The predicted molar refractivity (Wildman–Crippen MR) is 169 cm³/mol. The van der Waals surface area contributed by atoms with E-state index in [4.69, 9.17) is 29.2 Å². The summed E-state index contributed by atoms with van der Waals surface area (Å²) in [4.78, 5) is 6.47. The highest BCUT2D eigenvalue weighted by Gasteiger charge is 2.49. The minimum absolute atomic E-state index is 0.00131. The molecule has 4 rings (SSSR count). The second kappa shape index (κ2) is 18.1. The summed E-state index contributed by atoms with van der Waals surface area (Å²) in [5.74, 6) is -1.49. The molecule has 14 heteroatoms. The minimum atomic E-state index is -4.90. The molecule has 5 atom stereocenters. The van der Waals surface area contributed by atoms with Crippen LogP contribution in [0.25, 0.3) is 10.4 Å². The van der Waals surface area contributed by atoms with Gasteiger partial charge in [0.2, 0.25) is 6.29 Å². The van der Waals surface area contributed by atoms with Crippen molar-refractivity contribution in [3.05, 3.63) is 113 Å². The molecule has 0 aliphatic carbocycles. The van der Waals surface area contributed by atoms with E-state index in [1.807, 2.05) is 67.6 Å². The minimum Gasteiger partial charge on any atom is -0.441 e. The van der Waals surface area contributed by atoms with Gasteiger partial charge in [0, 0.05) is 10.8 Å². The highest BCUT2D eigenvalue weighted by molar-refractivity contribution is 8.76. The van der Waals surface area contributed by atoms with Gasteiger partial charge in [-0.05, 0) is 28.8 Å². The molecule has 45 heavy (non-hydrogen) atoms. The molecule has 3 aromatic carbocycles. The van der Waals surface area contributed by atoms with Gasteiger partial charge in [0.05, 0.1) is 37.5 Å². The molecular formula is C31H33F3N4O5S2. The SMILES string of the molecule is C[C@@H]1C(OCc2ccccc2)[C@H](O/C(=N/c2ccccc2)C(F)(F)F)OC(COCSSCN=[N+]=[N-])[C@@H]1OCc1ccccc1. The molecule has 1 aliphatic rings. The number of aliphatic imine (C=N–C) groups is 1. The molecule has 0 bridgehead atoms. The number of ether oxygens (including phenoxy) is 5. The molecule has 0 amide bonds. The number of para-hydroxylation sites is 1. The van der Waals surface area contributed by atoms with Crippen molar-refractivity contribution in [2.45, 2.75) is 50.9 Å². The normalized spacial score (nSPS) is 22.0. The first-order valence-corrected chi connectivity index (χ1v) is 16.5. The molecule has 1 heterocycles. The van der Waals surface area contributed by atoms with Crippen LogP contribution in [0, 0.1) is 5.92 Å². The van der Waals surface area contributed by atoms with Crippen molar-refractivity contribution in [2.24, 2.45) is 16.0 Å². The van der Waals surface area contributed by atoms with Gasteiger partial charge < -0.3 is 23.7 Å². The third-order valence-corrected chi connectivity index (χ3v) is 8.43. The maximum absolute atomic E-state index is 14.3. The number of halogens is 3. The average molecular weight is 663 g/mol. The molecule has 0 aromatic heterocycles. The van der Waals surface area contributed by atoms with Gasteiger partial charge in [0.1, 0.15) is 18.1 Å². The van der Waals surface area contributed by atoms with E-state index in [9.17, 15) is 13.2 Å². The molecule has 240 valence electrons. The van der Waals surface area contributed by atoms with Crippen LogP contribution in [-0.2, 0) is 36.9 Å². The Morgan fingerprint density at radius 3 is 2.02 bits per heavy atom. The first kappa shape index (κ1) is 34.6. The first-order valence-electron chi connectivity index (χ1n) is 14.0. The Kier molecular flexibility index (Phi) is 13.9. The second-order valence-corrected chi connectivity index (χ2v) is 12.3. The highest BCUT2D eigenvalue weighted by atomic mass is 33.1. The topological polar surface area (TPSA) is 107 Å². The summed E-state index contributed by atoms with van der Waals surface area (Å²) in [5, 5.41) is 3.46. The van der Waals surface area contributed by atoms with Crippen molar-refractivity contribution < 1.29 is 36.9 Å². The van der Waals surface area contributed by atoms with Crippen molar-refractivity contribution in [3.63, 3.8) is 0 Å². The smallest absolute Gasteiger partial charge is 0.441 e. The molecule has 9 nitrogen and oxygen atoms in total. The Balaban J connectivity index is 1.59. The van der Waals surface area contributed by atoms with E-state index in [0.717, 1.165) is 11.1 Å². The molecule has 0 N–H and O–H groups in total. The molecule has 3 aromatic rings. The van der Waals surface area contributed by atoms with Gasteiger partial charge in [-0.3, -0.25) is 0 Å². The monoisotopic (exact) mass is 662 g/mol. The number of rotatable bonds is 15. The van der Waals surface area contributed by atoms with Crippen LogP contribution in [0.15, 0.2) is 101 Å². The average Bonchev–Trinajstić information content (AvgIpc) is 3.04. The highest BCUT2D eigenvalue weighted by Crippen LogP contribution is 2.35. The van der Waals surface area contributed by atoms with Gasteiger partial charge in [0.15, 0.2) is 0 Å². The van der Waals surface area contributed by atoms with Crippen molar-refractivity contribution in [2.75, 3.05) is 18.4 Å². The van der Waals surface area contributed by atoms with E-state index in [-0.39, 0.29) is 37.3 Å². The number of hydrogen-bond donors (Lipinski definition) is 0. The van der Waals surface area contributed by atoms with E-state index < -0.39 is 42.6 Å². The Bertz CT molecular complexity index is 1370. The van der Waals surface area contributed by atoms with Crippen molar-refractivity contribution >= 4 is 33.2 Å². The fraction of sp³-hybridized carbons (Fsp3) is 0.387. The van der Waals surface area contributed by atoms with Crippen molar-refractivity contribution in [1.82, 2.24) is 0 Å². The Morgan fingerprint density at radius 2 is 1.44 bits per heavy atom. The van der Waals surface area contributed by atoms with Crippen LogP contribution < -0.4 is 0 Å². The third kappa shape index (κ3) is 11.3. The zero-order chi connectivity index (χ0) is 31.9. The van der Waals surface area contributed by atoms with E-state index in [1.54, 1.807) is 18.2 Å². The molecule has 0 spiro atoms. The molecule has 2 unspecified atom stereocenters. The van der Waals surface area contributed by atoms with E-state index in [1.165, 1.54) is 33.7 Å². The van der Waals surface area contributed by atoms with Gasteiger partial charge in [-0.25, -0.2) is 4.99 Å². The van der Waals surface area contributed by atoms with Crippen LogP contribution in [0.2, 0.25) is 0 Å². The summed E-state index contributed by atoms with van der Waals surface area (Å²) in [6.07, 6.45) is -8.77. The van der Waals surface area contributed by atoms with Gasteiger partial charge >= 0.3 is 6.18 Å². The maximum atomic E-state index is 14.3. The number of benzene rings is 3. The molecule has 1 saturated heterocycles. The Hall–Kier alpha value is -3.23. The van der Waals surface area contributed by atoms with Gasteiger partial charge in [0.25, 0.3) is 5.90 Å². The third-order valence-electron chi connectivity index (χ3n) is 6.68. The number of hydrogen-bond acceptors (Lipinski definition) is 9. The zero-order valence-electron chi connectivity index (χ0n) is 24.4. The van der Waals surface area contributed by atoms with Gasteiger partial charge in [-0.1, -0.05) is 112 Å². The summed E-state index contributed by atoms with van der Waals surface area (Å²) < 4.78 is 72.9. The van der Waals surface area contributed by atoms with Crippen LogP contribution >= 0.6 is 21.6 Å². The zero-order valence-corrected chi connectivity index (χ0v) is 26.0. The van der Waals surface area contributed by atoms with Crippen LogP contribution in [0.3, 0.4) is 0 Å². The summed E-state index contributed by atoms with van der Waals surface area (Å²) in [6, 6.07) is 26.6. The first-order chi connectivity index (χ1) is 21.8. The maximum Gasteiger partial charge on any atom is 0.468 e. The lowest BCUT2D eigenvalue weighted by molar-refractivity contribution is -0.292. The lowest BCUT2D eigenvalue weighted by Gasteiger charge is -2.45. The fourth-order valence-corrected chi connectivity index (χ4v) is 5.74. The number of alkyl halides is 3. The van der Waals surface area contributed by atoms with E-state index in [0.29, 0.717) is 0 Å². The number of nitrogens with zero attached hydrogens (tertiary/aromatic N) is 4. The van der Waals surface area contributed by atoms with E-state index in [2.05, 4.69) is 15.0 Å². The fourth-order valence-electron chi connectivity index (χ4n) is 4.56. The standard InChI is InChI=1S/C31H33F3N4O5S2/c1-22-27(40-17-23-11-5-2-6-12-23)26(19-39-21-45-44-20-36-38-35)42-29(28(22)41-18-24-13-7-3-8-14-24)43-30(31(32,33)34)37-25-15-9-4-10-16-25/h2-16,22,26-29H,17-21H2,1H3/b37-30+/t22-,26?,27+,28?,29-/m0/s1. The van der Waals surface area contributed by atoms with Crippen LogP contribution in [0.1, 0.15) is 18.1 Å². The summed E-state index contributed by atoms with van der Waals surface area (Å²) >= 11 is 0. The second-order valence-electron chi connectivity index (χ2n) is 9.88. The van der Waals surface area contributed by atoms with Crippen molar-refractivity contribution in [1.29, 1.82) is 0 Å². The van der Waals surface area contributed by atoms with E-state index >= 15 is 0 Å². The summed E-state index contributed by atoms with van der Waals surface area (Å²) in [5.41, 5.74) is 10.3. The Labute approximate surface area is 267 Å².